The van der Waals surface area contributed by atoms with Gasteiger partial charge in [-0.05, 0) is 38.1 Å². The van der Waals surface area contributed by atoms with E-state index in [0.717, 1.165) is 16.8 Å². The van der Waals surface area contributed by atoms with Gasteiger partial charge in [0.2, 0.25) is 5.89 Å². The lowest BCUT2D eigenvalue weighted by Gasteiger charge is -2.04. The van der Waals surface area contributed by atoms with E-state index in [4.69, 9.17) is 16.0 Å². The van der Waals surface area contributed by atoms with E-state index >= 15 is 0 Å². The smallest absolute Gasteiger partial charge is 0.276 e. The summed E-state index contributed by atoms with van der Waals surface area (Å²) in [4.78, 5) is 17.7. The molecule has 2 aromatic carbocycles. The number of hydrogen-bond donors (Lipinski definition) is 0. The van der Waals surface area contributed by atoms with Crippen LogP contribution in [0.5, 0.6) is 0 Å². The Morgan fingerprint density at radius 1 is 1.00 bits per heavy atom. The van der Waals surface area contributed by atoms with Gasteiger partial charge in [0.05, 0.1) is 12.2 Å². The van der Waals surface area contributed by atoms with Gasteiger partial charge in [-0.2, -0.15) is 5.10 Å². The van der Waals surface area contributed by atoms with Crippen molar-refractivity contribution in [3.63, 3.8) is 0 Å². The molecule has 0 aliphatic carbocycles. The van der Waals surface area contributed by atoms with Gasteiger partial charge in [0.15, 0.2) is 0 Å². The van der Waals surface area contributed by atoms with Crippen LogP contribution >= 0.6 is 11.6 Å². The summed E-state index contributed by atoms with van der Waals surface area (Å²) in [6, 6.07) is 17.2. The maximum absolute atomic E-state index is 13.1. The van der Waals surface area contributed by atoms with Crippen LogP contribution in [0, 0.1) is 13.8 Å². The van der Waals surface area contributed by atoms with Crippen LogP contribution in [0.15, 0.2) is 76.2 Å². The topological polar surface area (TPSA) is 65.3 Å². The predicted molar refractivity (Wildman–Crippen MR) is 120 cm³/mol. The first-order valence-electron chi connectivity index (χ1n) is 9.86. The average molecular weight is 431 g/mol. The standard InChI is InChI=1S/C24H19ClN4O2/c1-15-6-8-17(9-7-15)20-13-22-24(30)28(10-11-29(22)27-20)14-21-16(2)31-23(26-21)18-4-3-5-19(25)12-18/h3-13H,14H2,1-2H3. The Bertz CT molecular complexity index is 1460. The zero-order valence-electron chi connectivity index (χ0n) is 17.0. The zero-order valence-corrected chi connectivity index (χ0v) is 17.8. The van der Waals surface area contributed by atoms with Crippen molar-refractivity contribution in [3.8, 4) is 22.7 Å². The van der Waals surface area contributed by atoms with Gasteiger partial charge in [-0.1, -0.05) is 47.5 Å². The molecule has 0 radical (unpaired) electrons. The van der Waals surface area contributed by atoms with Crippen molar-refractivity contribution in [1.82, 2.24) is 19.2 Å². The van der Waals surface area contributed by atoms with Crippen molar-refractivity contribution in [2.24, 2.45) is 0 Å². The van der Waals surface area contributed by atoms with E-state index in [9.17, 15) is 4.79 Å². The van der Waals surface area contributed by atoms with Crippen molar-refractivity contribution >= 4 is 17.1 Å². The molecule has 0 unspecified atom stereocenters. The summed E-state index contributed by atoms with van der Waals surface area (Å²) in [5, 5.41) is 5.16. The van der Waals surface area contributed by atoms with Gasteiger partial charge in [-0.3, -0.25) is 4.79 Å². The largest absolute Gasteiger partial charge is 0.441 e. The number of nitrogens with zero attached hydrogens (tertiary/aromatic N) is 4. The Balaban J connectivity index is 1.49. The van der Waals surface area contributed by atoms with Gasteiger partial charge in [-0.15, -0.1) is 0 Å². The monoisotopic (exact) mass is 430 g/mol. The number of benzene rings is 2. The van der Waals surface area contributed by atoms with Gasteiger partial charge < -0.3 is 8.98 Å². The molecular weight excluding hydrogens is 412 g/mol. The molecule has 3 heterocycles. The summed E-state index contributed by atoms with van der Waals surface area (Å²) in [5.74, 6) is 1.14. The highest BCUT2D eigenvalue weighted by atomic mass is 35.5. The maximum atomic E-state index is 13.1. The molecule has 7 heteroatoms. The first-order valence-corrected chi connectivity index (χ1v) is 10.2. The summed E-state index contributed by atoms with van der Waals surface area (Å²) in [7, 11) is 0. The second kappa shape index (κ2) is 7.56. The lowest BCUT2D eigenvalue weighted by atomic mass is 10.1. The molecular formula is C24H19ClN4O2. The van der Waals surface area contributed by atoms with Gasteiger partial charge in [0.1, 0.15) is 17.0 Å². The van der Waals surface area contributed by atoms with Crippen LogP contribution in [-0.2, 0) is 6.54 Å². The lowest BCUT2D eigenvalue weighted by Crippen LogP contribution is -2.22. The molecule has 3 aromatic heterocycles. The zero-order chi connectivity index (χ0) is 21.5. The van der Waals surface area contributed by atoms with Crippen LogP contribution in [0.2, 0.25) is 5.02 Å². The Hall–Kier alpha value is -3.64. The van der Waals surface area contributed by atoms with E-state index in [1.54, 1.807) is 33.6 Å². The molecule has 0 saturated carbocycles. The van der Waals surface area contributed by atoms with Crippen LogP contribution in [0.4, 0.5) is 0 Å². The second-order valence-corrected chi connectivity index (χ2v) is 7.93. The van der Waals surface area contributed by atoms with Crippen molar-refractivity contribution in [3.05, 3.63) is 99.4 Å². The Morgan fingerprint density at radius 2 is 1.81 bits per heavy atom. The number of aryl methyl sites for hydroxylation is 2. The highest BCUT2D eigenvalue weighted by Gasteiger charge is 2.15. The van der Waals surface area contributed by atoms with E-state index in [0.29, 0.717) is 34.4 Å². The van der Waals surface area contributed by atoms with Crippen LogP contribution in [0.25, 0.3) is 28.2 Å². The predicted octanol–water partition coefficient (Wildman–Crippen LogP) is 5.14. The summed E-state index contributed by atoms with van der Waals surface area (Å²) < 4.78 is 9.05. The molecule has 154 valence electrons. The maximum Gasteiger partial charge on any atom is 0.276 e. The second-order valence-electron chi connectivity index (χ2n) is 7.49. The Morgan fingerprint density at radius 3 is 2.58 bits per heavy atom. The van der Waals surface area contributed by atoms with Gasteiger partial charge in [0, 0.05) is 28.5 Å². The summed E-state index contributed by atoms with van der Waals surface area (Å²) >= 11 is 6.08. The van der Waals surface area contributed by atoms with Crippen LogP contribution < -0.4 is 5.56 Å². The molecule has 0 aliphatic rings. The molecule has 0 saturated heterocycles. The average Bonchev–Trinajstić information content (AvgIpc) is 3.35. The number of rotatable bonds is 4. The number of aromatic nitrogens is 4. The molecule has 5 rings (SSSR count). The molecule has 0 atom stereocenters. The minimum absolute atomic E-state index is 0.139. The van der Waals surface area contributed by atoms with Gasteiger partial charge in [-0.25, -0.2) is 9.50 Å². The van der Waals surface area contributed by atoms with E-state index in [1.165, 1.54) is 5.56 Å². The third-order valence-corrected chi connectivity index (χ3v) is 5.47. The minimum atomic E-state index is -0.139. The normalized spacial score (nSPS) is 11.3. The fraction of sp³-hybridized carbons (Fsp3) is 0.125. The molecule has 0 amide bonds. The number of oxazole rings is 1. The van der Waals surface area contributed by atoms with Crippen LogP contribution in [0.3, 0.4) is 0 Å². The van der Waals surface area contributed by atoms with Crippen molar-refractivity contribution in [1.29, 1.82) is 0 Å². The third kappa shape index (κ3) is 3.66. The molecule has 0 N–H and O–H groups in total. The Labute approximate surface area is 183 Å². The highest BCUT2D eigenvalue weighted by molar-refractivity contribution is 6.30. The first kappa shape index (κ1) is 19.3. The fourth-order valence-electron chi connectivity index (χ4n) is 3.50. The van der Waals surface area contributed by atoms with Crippen LogP contribution in [0.1, 0.15) is 17.0 Å². The van der Waals surface area contributed by atoms with Gasteiger partial charge >= 0.3 is 0 Å². The Kier molecular flexibility index (Phi) is 4.71. The quantitative estimate of drug-likeness (QED) is 0.396. The highest BCUT2D eigenvalue weighted by Crippen LogP contribution is 2.25. The lowest BCUT2D eigenvalue weighted by molar-refractivity contribution is 0.537. The van der Waals surface area contributed by atoms with Crippen molar-refractivity contribution in [2.45, 2.75) is 20.4 Å². The first-order chi connectivity index (χ1) is 15.0. The number of halogens is 1. The molecule has 0 fully saturated rings. The summed E-state index contributed by atoms with van der Waals surface area (Å²) in [6.45, 7) is 4.18. The van der Waals surface area contributed by atoms with Gasteiger partial charge in [0.25, 0.3) is 5.56 Å². The fourth-order valence-corrected chi connectivity index (χ4v) is 3.69. The molecule has 0 bridgehead atoms. The number of fused-ring (bicyclic) bond motifs is 1. The third-order valence-electron chi connectivity index (χ3n) is 5.24. The van der Waals surface area contributed by atoms with Crippen molar-refractivity contribution < 1.29 is 4.42 Å². The summed E-state index contributed by atoms with van der Waals surface area (Å²) in [6.07, 6.45) is 3.50. The van der Waals surface area contributed by atoms with Crippen LogP contribution in [-0.4, -0.2) is 19.2 Å². The summed E-state index contributed by atoms with van der Waals surface area (Å²) in [5.41, 5.74) is 4.77. The molecule has 0 aliphatic heterocycles. The molecule has 6 nitrogen and oxygen atoms in total. The van der Waals surface area contributed by atoms with Crippen molar-refractivity contribution in [2.75, 3.05) is 0 Å². The molecule has 5 aromatic rings. The number of hydrogen-bond acceptors (Lipinski definition) is 4. The van der Waals surface area contributed by atoms with E-state index in [1.807, 2.05) is 56.3 Å². The van der Waals surface area contributed by atoms with E-state index in [2.05, 4.69) is 10.1 Å². The molecule has 0 spiro atoms. The SMILES string of the molecule is Cc1ccc(-c2cc3c(=O)n(Cc4nc(-c5cccc(Cl)c5)oc4C)ccn3n2)cc1. The van der Waals surface area contributed by atoms with E-state index < -0.39 is 0 Å². The minimum Gasteiger partial charge on any atom is -0.441 e. The van der Waals surface area contributed by atoms with E-state index in [-0.39, 0.29) is 5.56 Å². The molecule has 31 heavy (non-hydrogen) atoms.